The topological polar surface area (TPSA) is 88.6 Å². The molecule has 7 nitrogen and oxygen atoms in total. The van der Waals surface area contributed by atoms with E-state index >= 15 is 0 Å². The Morgan fingerprint density at radius 1 is 1.21 bits per heavy atom. The van der Waals surface area contributed by atoms with Gasteiger partial charge in [0.05, 0.1) is 10.5 Å². The van der Waals surface area contributed by atoms with Crippen LogP contribution < -0.4 is 5.32 Å². The molecular weight excluding hydrogens is 390 g/mol. The molecule has 1 atom stereocenters. The van der Waals surface area contributed by atoms with Gasteiger partial charge in [0.25, 0.3) is 5.91 Å². The summed E-state index contributed by atoms with van der Waals surface area (Å²) in [6.07, 6.45) is 4.82. The molecule has 0 aliphatic carbocycles. The Morgan fingerprint density at radius 3 is 2.59 bits per heavy atom. The second-order valence-electron chi connectivity index (χ2n) is 7.77. The fourth-order valence-corrected chi connectivity index (χ4v) is 5.64. The van der Waals surface area contributed by atoms with Crippen LogP contribution in [0.25, 0.3) is 0 Å². The minimum Gasteiger partial charge on any atom is -0.372 e. The Balaban J connectivity index is 1.33. The summed E-state index contributed by atoms with van der Waals surface area (Å²) in [6, 6.07) is 10.3. The van der Waals surface area contributed by atoms with E-state index in [2.05, 4.69) is 10.3 Å². The van der Waals surface area contributed by atoms with Gasteiger partial charge >= 0.3 is 0 Å². The number of ether oxygens (including phenoxy) is 1. The number of amides is 1. The number of pyridine rings is 1. The van der Waals surface area contributed by atoms with Gasteiger partial charge in [-0.25, -0.2) is 8.42 Å². The molecule has 4 rings (SSSR count). The second kappa shape index (κ2) is 7.85. The maximum absolute atomic E-state index is 12.8. The van der Waals surface area contributed by atoms with Crippen LogP contribution in [0.5, 0.6) is 0 Å². The highest BCUT2D eigenvalue weighted by Gasteiger charge is 2.56. The Hall–Kier alpha value is -2.29. The Kier molecular flexibility index (Phi) is 5.42. The molecule has 0 radical (unpaired) electrons. The van der Waals surface area contributed by atoms with Crippen LogP contribution in [-0.4, -0.2) is 55.5 Å². The zero-order valence-corrected chi connectivity index (χ0v) is 17.2. The molecule has 8 heteroatoms. The van der Waals surface area contributed by atoms with Crippen LogP contribution in [0.2, 0.25) is 0 Å². The van der Waals surface area contributed by atoms with Crippen molar-refractivity contribution in [2.24, 2.45) is 5.92 Å². The predicted molar refractivity (Wildman–Crippen MR) is 108 cm³/mol. The van der Waals surface area contributed by atoms with Crippen molar-refractivity contribution >= 4 is 15.9 Å². The lowest BCUT2D eigenvalue weighted by Gasteiger charge is -2.49. The van der Waals surface area contributed by atoms with E-state index in [4.69, 9.17) is 4.74 Å². The summed E-state index contributed by atoms with van der Waals surface area (Å²) in [4.78, 5) is 16.4. The van der Waals surface area contributed by atoms with Crippen LogP contribution in [0, 0.1) is 12.8 Å². The summed E-state index contributed by atoms with van der Waals surface area (Å²) in [7, 11) is -3.50. The van der Waals surface area contributed by atoms with E-state index in [0.717, 1.165) is 18.4 Å². The van der Waals surface area contributed by atoms with Crippen LogP contribution in [0.1, 0.15) is 28.8 Å². The first-order chi connectivity index (χ1) is 13.9. The van der Waals surface area contributed by atoms with E-state index < -0.39 is 15.6 Å². The van der Waals surface area contributed by atoms with Crippen LogP contribution in [0.4, 0.5) is 0 Å². The average molecular weight is 416 g/mol. The molecule has 0 saturated carbocycles. The number of benzene rings is 1. The number of carbonyl (C=O) groups is 1. The van der Waals surface area contributed by atoms with Gasteiger partial charge < -0.3 is 10.1 Å². The van der Waals surface area contributed by atoms with E-state index in [1.165, 1.54) is 4.31 Å². The molecule has 2 aromatic rings. The van der Waals surface area contributed by atoms with E-state index in [1.54, 1.807) is 36.7 Å². The van der Waals surface area contributed by atoms with Gasteiger partial charge in [0.1, 0.15) is 0 Å². The molecule has 29 heavy (non-hydrogen) atoms. The third-order valence-electron chi connectivity index (χ3n) is 5.87. The van der Waals surface area contributed by atoms with Crippen molar-refractivity contribution in [1.82, 2.24) is 14.6 Å². The van der Waals surface area contributed by atoms with Gasteiger partial charge in [0.2, 0.25) is 10.0 Å². The summed E-state index contributed by atoms with van der Waals surface area (Å²) in [5.41, 5.74) is 1.17. The van der Waals surface area contributed by atoms with Gasteiger partial charge in [-0.2, -0.15) is 4.31 Å². The van der Waals surface area contributed by atoms with Crippen LogP contribution in [0.15, 0.2) is 53.7 Å². The number of aromatic nitrogens is 1. The number of hydrogen-bond acceptors (Lipinski definition) is 5. The molecule has 2 saturated heterocycles. The second-order valence-corrected chi connectivity index (χ2v) is 9.70. The van der Waals surface area contributed by atoms with Gasteiger partial charge in [-0.3, -0.25) is 9.78 Å². The monoisotopic (exact) mass is 415 g/mol. The number of carbonyl (C=O) groups excluding carboxylic acids is 1. The highest BCUT2D eigenvalue weighted by molar-refractivity contribution is 7.89. The maximum Gasteiger partial charge on any atom is 0.251 e. The molecule has 154 valence electrons. The fraction of sp³-hybridized carbons (Fsp3) is 0.429. The normalized spacial score (nSPS) is 21.1. The lowest BCUT2D eigenvalue weighted by atomic mass is 9.80. The van der Waals surface area contributed by atoms with E-state index in [0.29, 0.717) is 36.7 Å². The van der Waals surface area contributed by atoms with Crippen molar-refractivity contribution in [3.05, 3.63) is 59.9 Å². The van der Waals surface area contributed by atoms with Crippen molar-refractivity contribution in [1.29, 1.82) is 0 Å². The van der Waals surface area contributed by atoms with Gasteiger partial charge in [-0.1, -0.05) is 17.7 Å². The van der Waals surface area contributed by atoms with Crippen LogP contribution >= 0.6 is 0 Å². The molecule has 0 unspecified atom stereocenters. The van der Waals surface area contributed by atoms with Gasteiger partial charge in [-0.15, -0.1) is 0 Å². The number of aryl methyl sites for hydroxylation is 1. The zero-order chi connectivity index (χ0) is 20.5. The maximum atomic E-state index is 12.8. The Labute approximate surface area is 171 Å². The Bertz CT molecular complexity index is 971. The van der Waals surface area contributed by atoms with Crippen molar-refractivity contribution in [2.75, 3.05) is 26.2 Å². The number of nitrogens with one attached hydrogen (secondary N) is 1. The van der Waals surface area contributed by atoms with Crippen LogP contribution in [-0.2, 0) is 14.8 Å². The lowest BCUT2D eigenvalue weighted by Crippen LogP contribution is -2.66. The fourth-order valence-electron chi connectivity index (χ4n) is 4.09. The van der Waals surface area contributed by atoms with Crippen molar-refractivity contribution in [3.63, 3.8) is 0 Å². The molecule has 2 fully saturated rings. The average Bonchev–Trinajstić information content (AvgIpc) is 3.12. The molecular formula is C21H25N3O4S. The van der Waals surface area contributed by atoms with Crippen molar-refractivity contribution in [2.45, 2.75) is 30.3 Å². The predicted octanol–water partition coefficient (Wildman–Crippen LogP) is 1.99. The third-order valence-corrected chi connectivity index (χ3v) is 7.67. The molecule has 1 aromatic carbocycles. The minimum absolute atomic E-state index is 0.127. The van der Waals surface area contributed by atoms with E-state index in [9.17, 15) is 13.2 Å². The molecule has 3 heterocycles. The van der Waals surface area contributed by atoms with Crippen molar-refractivity contribution < 1.29 is 17.9 Å². The van der Waals surface area contributed by atoms with E-state index in [1.807, 2.05) is 19.1 Å². The molecule has 0 bridgehead atoms. The highest BCUT2D eigenvalue weighted by atomic mass is 32.2. The number of hydrogen-bond donors (Lipinski definition) is 1. The largest absolute Gasteiger partial charge is 0.372 e. The van der Waals surface area contributed by atoms with Crippen LogP contribution in [0.3, 0.4) is 0 Å². The van der Waals surface area contributed by atoms with Gasteiger partial charge in [0.15, 0.2) is 0 Å². The number of nitrogens with zero attached hydrogens (tertiary/aromatic N) is 2. The molecule has 1 spiro atoms. The summed E-state index contributed by atoms with van der Waals surface area (Å²) in [6.45, 7) is 3.82. The summed E-state index contributed by atoms with van der Waals surface area (Å²) < 4.78 is 33.2. The summed E-state index contributed by atoms with van der Waals surface area (Å²) >= 11 is 0. The molecule has 2 aliphatic heterocycles. The molecule has 2 aliphatic rings. The first-order valence-corrected chi connectivity index (χ1v) is 11.2. The SMILES string of the molecule is Cc1ccc(S(=O)(=O)N2CC3(C2)OCC[C@@H]3CCNC(=O)c2ccncc2)cc1. The number of rotatable bonds is 6. The van der Waals surface area contributed by atoms with Gasteiger partial charge in [0, 0.05) is 44.2 Å². The zero-order valence-electron chi connectivity index (χ0n) is 16.4. The smallest absolute Gasteiger partial charge is 0.251 e. The van der Waals surface area contributed by atoms with E-state index in [-0.39, 0.29) is 11.8 Å². The molecule has 1 amide bonds. The standard InChI is InChI=1S/C21H25N3O4S/c1-16-2-4-19(5-3-16)29(26,27)24-14-21(15-24)18(9-13-28-21)8-12-23-20(25)17-6-10-22-11-7-17/h2-7,10-11,18H,8-9,12-15H2,1H3,(H,23,25)/t18-/m0/s1. The highest BCUT2D eigenvalue weighted by Crippen LogP contribution is 2.43. The first-order valence-electron chi connectivity index (χ1n) is 9.80. The third kappa shape index (κ3) is 3.92. The summed E-state index contributed by atoms with van der Waals surface area (Å²) in [5, 5.41) is 2.93. The lowest BCUT2D eigenvalue weighted by molar-refractivity contribution is -0.102. The Morgan fingerprint density at radius 2 is 1.90 bits per heavy atom. The number of sulfonamides is 1. The quantitative estimate of drug-likeness (QED) is 0.780. The minimum atomic E-state index is -3.50. The summed E-state index contributed by atoms with van der Waals surface area (Å²) in [5.74, 6) is 0.0993. The molecule has 1 aromatic heterocycles. The molecule has 1 N–H and O–H groups in total. The van der Waals surface area contributed by atoms with Crippen molar-refractivity contribution in [3.8, 4) is 0 Å². The van der Waals surface area contributed by atoms with Gasteiger partial charge in [-0.05, 0) is 49.9 Å². The first kappa shape index (κ1) is 20.0.